The van der Waals surface area contributed by atoms with Crippen molar-refractivity contribution in [3.63, 3.8) is 0 Å². The lowest BCUT2D eigenvalue weighted by Gasteiger charge is -2.18. The van der Waals surface area contributed by atoms with Gasteiger partial charge in [-0.05, 0) is 36.8 Å². The van der Waals surface area contributed by atoms with Gasteiger partial charge in [0.05, 0.1) is 19.3 Å². The number of carbonyl (C=O) groups is 1. The fourth-order valence-corrected chi connectivity index (χ4v) is 2.58. The van der Waals surface area contributed by atoms with Crippen molar-refractivity contribution >= 4 is 5.97 Å². The summed E-state index contributed by atoms with van der Waals surface area (Å²) in [4.78, 5) is 11.3. The average molecular weight is 332 g/mol. The van der Waals surface area contributed by atoms with Crippen molar-refractivity contribution in [1.82, 2.24) is 0 Å². The number of ether oxygens (including phenoxy) is 2. The second-order valence-electron chi connectivity index (χ2n) is 6.46. The van der Waals surface area contributed by atoms with Crippen molar-refractivity contribution in [2.45, 2.75) is 59.5 Å². The molecule has 1 unspecified atom stereocenters. The highest BCUT2D eigenvalue weighted by molar-refractivity contribution is 5.81. The first kappa shape index (κ1) is 20.4. The third-order valence-electron chi connectivity index (χ3n) is 3.75. The minimum absolute atomic E-state index is 0.0740. The first-order valence-corrected chi connectivity index (χ1v) is 9.10. The molecule has 0 amide bonds. The lowest BCUT2D eigenvalue weighted by Crippen LogP contribution is -2.06. The summed E-state index contributed by atoms with van der Waals surface area (Å²) in [6.07, 6.45) is 7.60. The van der Waals surface area contributed by atoms with Gasteiger partial charge in [0.25, 0.3) is 0 Å². The standard InChI is InChI=1S/C21H32O3/c1-5-7-9-20(24-15-8-10-21(22)23-6-2)19-13-11-18(12-14-19)16-17(3)4/h8,10-14,17,20H,5-7,9,15-16H2,1-4H3/b10-8+. The number of unbranched alkanes of at least 4 members (excludes halogenated alkanes) is 1. The molecule has 3 nitrogen and oxygen atoms in total. The monoisotopic (exact) mass is 332 g/mol. The van der Waals surface area contributed by atoms with Crippen LogP contribution in [0.15, 0.2) is 36.4 Å². The first-order chi connectivity index (χ1) is 11.6. The molecule has 24 heavy (non-hydrogen) atoms. The predicted octanol–water partition coefficient (Wildman–Crippen LogP) is 5.25. The zero-order valence-corrected chi connectivity index (χ0v) is 15.6. The zero-order valence-electron chi connectivity index (χ0n) is 15.6. The largest absolute Gasteiger partial charge is 0.463 e. The maximum atomic E-state index is 11.3. The fraction of sp³-hybridized carbons (Fsp3) is 0.571. The van der Waals surface area contributed by atoms with E-state index < -0.39 is 0 Å². The van der Waals surface area contributed by atoms with Crippen molar-refractivity contribution in [2.24, 2.45) is 5.92 Å². The molecule has 0 saturated carbocycles. The van der Waals surface area contributed by atoms with E-state index in [1.165, 1.54) is 17.2 Å². The van der Waals surface area contributed by atoms with E-state index in [2.05, 4.69) is 45.0 Å². The maximum absolute atomic E-state index is 11.3. The Labute approximate surface area is 147 Å². The normalized spacial score (nSPS) is 12.7. The Bertz CT molecular complexity index is 488. The van der Waals surface area contributed by atoms with Crippen molar-refractivity contribution < 1.29 is 14.3 Å². The van der Waals surface area contributed by atoms with Crippen molar-refractivity contribution in [1.29, 1.82) is 0 Å². The van der Waals surface area contributed by atoms with Crippen LogP contribution in [0, 0.1) is 5.92 Å². The van der Waals surface area contributed by atoms with E-state index in [1.807, 2.05) is 0 Å². The lowest BCUT2D eigenvalue weighted by molar-refractivity contribution is -0.137. The molecule has 3 heteroatoms. The Hall–Kier alpha value is -1.61. The van der Waals surface area contributed by atoms with Crippen molar-refractivity contribution in [3.05, 3.63) is 47.5 Å². The molecule has 0 aliphatic heterocycles. The molecule has 1 rings (SSSR count). The third-order valence-corrected chi connectivity index (χ3v) is 3.75. The Balaban J connectivity index is 2.62. The van der Waals surface area contributed by atoms with E-state index in [4.69, 9.17) is 9.47 Å². The fourth-order valence-electron chi connectivity index (χ4n) is 2.58. The van der Waals surface area contributed by atoms with Crippen LogP contribution in [-0.2, 0) is 20.7 Å². The number of benzene rings is 1. The minimum atomic E-state index is -0.316. The van der Waals surface area contributed by atoms with Crippen LogP contribution in [0.4, 0.5) is 0 Å². The van der Waals surface area contributed by atoms with Gasteiger partial charge in [0.1, 0.15) is 0 Å². The van der Waals surface area contributed by atoms with E-state index in [9.17, 15) is 4.79 Å². The quantitative estimate of drug-likeness (QED) is 0.410. The number of hydrogen-bond acceptors (Lipinski definition) is 3. The van der Waals surface area contributed by atoms with Gasteiger partial charge in [-0.15, -0.1) is 0 Å². The van der Waals surface area contributed by atoms with Gasteiger partial charge in [-0.1, -0.05) is 64.0 Å². The molecule has 0 N–H and O–H groups in total. The second kappa shape index (κ2) is 11.9. The highest BCUT2D eigenvalue weighted by Gasteiger charge is 2.11. The molecule has 0 aromatic heterocycles. The number of rotatable bonds is 11. The van der Waals surface area contributed by atoms with Crippen LogP contribution < -0.4 is 0 Å². The van der Waals surface area contributed by atoms with Crippen LogP contribution in [0.3, 0.4) is 0 Å². The third kappa shape index (κ3) is 8.30. The van der Waals surface area contributed by atoms with Gasteiger partial charge in [0.15, 0.2) is 0 Å². The molecule has 1 atom stereocenters. The summed E-state index contributed by atoms with van der Waals surface area (Å²) in [5.74, 6) is 0.347. The van der Waals surface area contributed by atoms with Gasteiger partial charge < -0.3 is 9.47 Å². The molecule has 0 heterocycles. The smallest absolute Gasteiger partial charge is 0.330 e. The zero-order chi connectivity index (χ0) is 17.8. The molecule has 0 aliphatic rings. The van der Waals surface area contributed by atoms with Gasteiger partial charge >= 0.3 is 5.97 Å². The summed E-state index contributed by atoms with van der Waals surface area (Å²) >= 11 is 0. The summed E-state index contributed by atoms with van der Waals surface area (Å²) in [6.45, 7) is 9.26. The molecule has 1 aromatic carbocycles. The van der Waals surface area contributed by atoms with Crippen molar-refractivity contribution in [2.75, 3.05) is 13.2 Å². The minimum Gasteiger partial charge on any atom is -0.463 e. The Morgan fingerprint density at radius 2 is 1.88 bits per heavy atom. The second-order valence-corrected chi connectivity index (χ2v) is 6.46. The molecule has 134 valence electrons. The summed E-state index contributed by atoms with van der Waals surface area (Å²) in [5, 5.41) is 0. The molecular formula is C21H32O3. The van der Waals surface area contributed by atoms with E-state index in [-0.39, 0.29) is 12.1 Å². The SMILES string of the molecule is CCCCC(OC/C=C/C(=O)OCC)c1ccc(CC(C)C)cc1. The predicted molar refractivity (Wildman–Crippen MR) is 99.0 cm³/mol. The van der Waals surface area contributed by atoms with E-state index in [1.54, 1.807) is 13.0 Å². The van der Waals surface area contributed by atoms with Gasteiger partial charge in [0, 0.05) is 6.08 Å². The van der Waals surface area contributed by atoms with Gasteiger partial charge in [0.2, 0.25) is 0 Å². The molecule has 0 radical (unpaired) electrons. The van der Waals surface area contributed by atoms with E-state index in [0.717, 1.165) is 25.7 Å². The van der Waals surface area contributed by atoms with Crippen LogP contribution >= 0.6 is 0 Å². The van der Waals surface area contributed by atoms with Crippen LogP contribution in [0.5, 0.6) is 0 Å². The Morgan fingerprint density at radius 1 is 1.17 bits per heavy atom. The number of esters is 1. The molecule has 0 fully saturated rings. The summed E-state index contributed by atoms with van der Waals surface area (Å²) in [5.41, 5.74) is 2.57. The summed E-state index contributed by atoms with van der Waals surface area (Å²) in [7, 11) is 0. The molecule has 0 aliphatic carbocycles. The Kier molecular flexibility index (Phi) is 10.1. The van der Waals surface area contributed by atoms with E-state index in [0.29, 0.717) is 19.1 Å². The lowest BCUT2D eigenvalue weighted by atomic mass is 9.98. The topological polar surface area (TPSA) is 35.5 Å². The average Bonchev–Trinajstić information content (AvgIpc) is 2.55. The highest BCUT2D eigenvalue weighted by Crippen LogP contribution is 2.24. The summed E-state index contributed by atoms with van der Waals surface area (Å²) < 4.78 is 10.8. The van der Waals surface area contributed by atoms with Crippen LogP contribution in [0.25, 0.3) is 0 Å². The van der Waals surface area contributed by atoms with Crippen LogP contribution in [-0.4, -0.2) is 19.2 Å². The Morgan fingerprint density at radius 3 is 2.46 bits per heavy atom. The number of carbonyl (C=O) groups excluding carboxylic acids is 1. The highest BCUT2D eigenvalue weighted by atomic mass is 16.5. The summed E-state index contributed by atoms with van der Waals surface area (Å²) in [6, 6.07) is 8.75. The van der Waals surface area contributed by atoms with Gasteiger partial charge in [-0.2, -0.15) is 0 Å². The first-order valence-electron chi connectivity index (χ1n) is 9.10. The van der Waals surface area contributed by atoms with E-state index >= 15 is 0 Å². The van der Waals surface area contributed by atoms with Gasteiger partial charge in [-0.3, -0.25) is 0 Å². The van der Waals surface area contributed by atoms with Crippen LogP contribution in [0.2, 0.25) is 0 Å². The molecule has 0 saturated heterocycles. The molecule has 1 aromatic rings. The molecule has 0 spiro atoms. The molecule has 0 bridgehead atoms. The maximum Gasteiger partial charge on any atom is 0.330 e. The van der Waals surface area contributed by atoms with Crippen molar-refractivity contribution in [3.8, 4) is 0 Å². The number of hydrogen-bond donors (Lipinski definition) is 0. The molecular weight excluding hydrogens is 300 g/mol. The van der Waals surface area contributed by atoms with Gasteiger partial charge in [-0.25, -0.2) is 4.79 Å². The van der Waals surface area contributed by atoms with Crippen LogP contribution in [0.1, 0.15) is 64.2 Å².